The van der Waals surface area contributed by atoms with Crippen LogP contribution in [0.4, 0.5) is 0 Å². The van der Waals surface area contributed by atoms with Crippen LogP contribution in [0.25, 0.3) is 10.9 Å². The second-order valence-electron chi connectivity index (χ2n) is 12.1. The highest BCUT2D eigenvalue weighted by Crippen LogP contribution is 2.46. The fourth-order valence-electron chi connectivity index (χ4n) is 7.82. The number of piperidine rings is 1. The number of aromatic nitrogens is 1. The Balaban J connectivity index is 1.18. The van der Waals surface area contributed by atoms with E-state index in [2.05, 4.69) is 16.0 Å². The van der Waals surface area contributed by atoms with Gasteiger partial charge in [-0.2, -0.15) is 0 Å². The molecule has 1 aromatic heterocycles. The van der Waals surface area contributed by atoms with Gasteiger partial charge in [0.1, 0.15) is 18.6 Å². The summed E-state index contributed by atoms with van der Waals surface area (Å²) in [4.78, 5) is 38.1. The molecule has 4 heterocycles. The average Bonchev–Trinajstić information content (AvgIpc) is 3.34. The molecule has 1 N–H and O–H groups in total. The molecule has 3 fully saturated rings. The van der Waals surface area contributed by atoms with Gasteiger partial charge in [0.25, 0.3) is 0 Å². The zero-order chi connectivity index (χ0) is 27.4. The van der Waals surface area contributed by atoms with Crippen molar-refractivity contribution in [2.75, 3.05) is 26.2 Å². The number of hydrogen-bond acceptors (Lipinski definition) is 3. The largest absolute Gasteiger partial charge is 0.356 e. The number of benzene rings is 2. The Hall–Kier alpha value is -2.54. The van der Waals surface area contributed by atoms with E-state index >= 15 is 0 Å². The molecule has 7 rings (SSSR count). The van der Waals surface area contributed by atoms with Gasteiger partial charge in [0.2, 0.25) is 11.8 Å². The lowest BCUT2D eigenvalue weighted by Crippen LogP contribution is -2.65. The molecule has 8 heteroatoms. The molecule has 210 valence electrons. The number of nitrogens with zero attached hydrogens (tertiary/aromatic N) is 3. The minimum atomic E-state index is -0.578. The SMILES string of the molecule is O=C1[C@@H]2Cc3c([nH]c4ccccc34)[C@H](c3c(Cl)cccc3Cl)N2C(=O)CN1C1CCN(CC2CCCCC2)CC1. The summed E-state index contributed by atoms with van der Waals surface area (Å²) >= 11 is 13.5. The first-order valence-corrected chi connectivity index (χ1v) is 15.6. The van der Waals surface area contributed by atoms with Crippen LogP contribution in [-0.4, -0.2) is 69.8 Å². The molecule has 0 bridgehead atoms. The van der Waals surface area contributed by atoms with Gasteiger partial charge < -0.3 is 19.7 Å². The molecule has 2 saturated heterocycles. The van der Waals surface area contributed by atoms with Crippen molar-refractivity contribution < 1.29 is 9.59 Å². The fraction of sp³-hybridized carbons (Fsp3) is 0.500. The van der Waals surface area contributed by atoms with Crippen molar-refractivity contribution in [1.82, 2.24) is 19.7 Å². The summed E-state index contributed by atoms with van der Waals surface area (Å²) in [6.07, 6.45) is 9.15. The Labute approximate surface area is 245 Å². The summed E-state index contributed by atoms with van der Waals surface area (Å²) in [7, 11) is 0. The van der Waals surface area contributed by atoms with Crippen LogP contribution in [0.3, 0.4) is 0 Å². The van der Waals surface area contributed by atoms with Crippen LogP contribution >= 0.6 is 23.2 Å². The molecule has 6 nitrogen and oxygen atoms in total. The maximum atomic E-state index is 14.3. The zero-order valence-corrected chi connectivity index (χ0v) is 24.3. The van der Waals surface area contributed by atoms with E-state index in [1.165, 1.54) is 38.6 Å². The molecule has 3 aliphatic heterocycles. The summed E-state index contributed by atoms with van der Waals surface area (Å²) < 4.78 is 0. The number of likely N-dealkylation sites (tertiary alicyclic amines) is 1. The van der Waals surface area contributed by atoms with Crippen LogP contribution in [-0.2, 0) is 16.0 Å². The highest BCUT2D eigenvalue weighted by molar-refractivity contribution is 6.36. The Bertz CT molecular complexity index is 1420. The van der Waals surface area contributed by atoms with Crippen LogP contribution in [0.5, 0.6) is 0 Å². The van der Waals surface area contributed by atoms with Gasteiger partial charge in [0.15, 0.2) is 0 Å². The highest BCUT2D eigenvalue weighted by Gasteiger charge is 2.50. The van der Waals surface area contributed by atoms with Gasteiger partial charge >= 0.3 is 0 Å². The second-order valence-corrected chi connectivity index (χ2v) is 12.9. The Morgan fingerprint density at radius 1 is 0.875 bits per heavy atom. The number of fused-ring (bicyclic) bond motifs is 4. The minimum absolute atomic E-state index is 0.0421. The smallest absolute Gasteiger partial charge is 0.246 e. The van der Waals surface area contributed by atoms with Crippen molar-refractivity contribution in [1.29, 1.82) is 0 Å². The van der Waals surface area contributed by atoms with E-state index in [-0.39, 0.29) is 24.4 Å². The molecule has 40 heavy (non-hydrogen) atoms. The van der Waals surface area contributed by atoms with Crippen molar-refractivity contribution in [3.8, 4) is 0 Å². The van der Waals surface area contributed by atoms with Crippen LogP contribution in [0, 0.1) is 5.92 Å². The lowest BCUT2D eigenvalue weighted by molar-refractivity contribution is -0.161. The Morgan fingerprint density at radius 3 is 2.35 bits per heavy atom. The Morgan fingerprint density at radius 2 is 1.60 bits per heavy atom. The van der Waals surface area contributed by atoms with Gasteiger partial charge in [-0.25, -0.2) is 0 Å². The van der Waals surface area contributed by atoms with E-state index in [1.54, 1.807) is 17.0 Å². The number of para-hydroxylation sites is 1. The number of aromatic amines is 1. The summed E-state index contributed by atoms with van der Waals surface area (Å²) in [5, 5.41) is 2.07. The number of halogens is 2. The lowest BCUT2D eigenvalue weighted by atomic mass is 9.85. The van der Waals surface area contributed by atoms with Crippen LogP contribution in [0.15, 0.2) is 42.5 Å². The number of rotatable bonds is 4. The van der Waals surface area contributed by atoms with Crippen LogP contribution < -0.4 is 0 Å². The predicted octanol–water partition coefficient (Wildman–Crippen LogP) is 6.20. The van der Waals surface area contributed by atoms with Gasteiger partial charge in [-0.15, -0.1) is 0 Å². The third-order valence-electron chi connectivity index (χ3n) is 9.81. The molecular formula is C32H36Cl2N4O2. The van der Waals surface area contributed by atoms with Gasteiger partial charge in [-0.05, 0) is 55.4 Å². The highest BCUT2D eigenvalue weighted by atomic mass is 35.5. The van der Waals surface area contributed by atoms with E-state index in [0.717, 1.165) is 54.0 Å². The van der Waals surface area contributed by atoms with Gasteiger partial charge in [0, 0.05) is 64.3 Å². The maximum absolute atomic E-state index is 14.3. The van der Waals surface area contributed by atoms with Crippen molar-refractivity contribution in [3.63, 3.8) is 0 Å². The molecular weight excluding hydrogens is 543 g/mol. The van der Waals surface area contributed by atoms with E-state index in [0.29, 0.717) is 22.0 Å². The maximum Gasteiger partial charge on any atom is 0.246 e. The van der Waals surface area contributed by atoms with E-state index in [9.17, 15) is 9.59 Å². The van der Waals surface area contributed by atoms with Crippen LogP contribution in [0.1, 0.15) is 67.8 Å². The Kier molecular flexibility index (Phi) is 7.05. The fourth-order valence-corrected chi connectivity index (χ4v) is 8.42. The van der Waals surface area contributed by atoms with Crippen molar-refractivity contribution in [3.05, 3.63) is 69.3 Å². The van der Waals surface area contributed by atoms with Gasteiger partial charge in [-0.3, -0.25) is 9.59 Å². The standard InChI is InChI=1S/C32H36Cl2N4O2/c33-24-10-6-11-25(34)29(24)31-30-23(22-9-4-5-12-26(22)35-30)17-27-32(40)37(19-28(39)38(27)31)21-13-15-36(16-14-21)18-20-7-2-1-3-8-20/h4-6,9-12,20-21,27,31,35H,1-3,7-8,13-19H2/t27-,31-/m0/s1. The zero-order valence-electron chi connectivity index (χ0n) is 22.8. The van der Waals surface area contributed by atoms with Crippen molar-refractivity contribution in [2.24, 2.45) is 5.92 Å². The van der Waals surface area contributed by atoms with Crippen molar-refractivity contribution in [2.45, 2.75) is 69.5 Å². The normalized spacial score (nSPS) is 24.9. The van der Waals surface area contributed by atoms with E-state index < -0.39 is 12.1 Å². The number of carbonyl (C=O) groups is 2. The van der Waals surface area contributed by atoms with Gasteiger partial charge in [-0.1, -0.05) is 66.7 Å². The predicted molar refractivity (Wildman–Crippen MR) is 159 cm³/mol. The topological polar surface area (TPSA) is 59.7 Å². The molecule has 2 aromatic carbocycles. The molecule has 0 spiro atoms. The number of hydrogen-bond donors (Lipinski definition) is 1. The number of amides is 2. The first-order valence-electron chi connectivity index (χ1n) is 14.9. The van der Waals surface area contributed by atoms with Gasteiger partial charge in [0.05, 0.1) is 0 Å². The molecule has 2 amide bonds. The molecule has 3 aromatic rings. The van der Waals surface area contributed by atoms with E-state index in [1.807, 2.05) is 29.2 Å². The number of piperazine rings is 1. The third-order valence-corrected chi connectivity index (χ3v) is 10.5. The summed E-state index contributed by atoms with van der Waals surface area (Å²) in [5.41, 5.74) is 3.64. The average molecular weight is 580 g/mol. The summed E-state index contributed by atoms with van der Waals surface area (Å²) in [5.74, 6) is 0.826. The van der Waals surface area contributed by atoms with Crippen LogP contribution in [0.2, 0.25) is 10.0 Å². The first kappa shape index (κ1) is 26.4. The molecule has 2 atom stereocenters. The second kappa shape index (κ2) is 10.7. The number of carbonyl (C=O) groups excluding carboxylic acids is 2. The molecule has 4 aliphatic rings. The van der Waals surface area contributed by atoms with E-state index in [4.69, 9.17) is 23.2 Å². The third kappa shape index (κ3) is 4.53. The number of H-pyrrole nitrogens is 1. The molecule has 1 saturated carbocycles. The molecule has 0 radical (unpaired) electrons. The lowest BCUT2D eigenvalue weighted by Gasteiger charge is -2.50. The number of nitrogens with one attached hydrogen (secondary N) is 1. The summed E-state index contributed by atoms with van der Waals surface area (Å²) in [6, 6.07) is 12.5. The minimum Gasteiger partial charge on any atom is -0.356 e. The first-order chi connectivity index (χ1) is 19.5. The quantitative estimate of drug-likeness (QED) is 0.400. The van der Waals surface area contributed by atoms with Crippen molar-refractivity contribution >= 4 is 45.9 Å². The summed E-state index contributed by atoms with van der Waals surface area (Å²) in [6.45, 7) is 3.28. The molecule has 0 unspecified atom stereocenters. The molecule has 1 aliphatic carbocycles. The monoisotopic (exact) mass is 578 g/mol.